The van der Waals surface area contributed by atoms with Crippen molar-refractivity contribution in [3.63, 3.8) is 0 Å². The first-order chi connectivity index (χ1) is 19.8. The highest BCUT2D eigenvalue weighted by atomic mass is 79.9. The Morgan fingerprint density at radius 2 is 1.66 bits per heavy atom. The van der Waals surface area contributed by atoms with Gasteiger partial charge in [-0.2, -0.15) is 9.97 Å². The van der Waals surface area contributed by atoms with Crippen molar-refractivity contribution in [3.05, 3.63) is 101 Å². The number of anilines is 2. The minimum Gasteiger partial charge on any atom is -0.478 e. The van der Waals surface area contributed by atoms with E-state index < -0.39 is 11.6 Å². The van der Waals surface area contributed by atoms with Crippen LogP contribution in [0, 0.1) is 0 Å². The first-order valence-corrected chi connectivity index (χ1v) is 14.2. The Bertz CT molecular complexity index is 1480. The quantitative estimate of drug-likeness (QED) is 0.241. The van der Waals surface area contributed by atoms with Crippen LogP contribution in [0.3, 0.4) is 0 Å². The number of piperazine rings is 1. The van der Waals surface area contributed by atoms with Gasteiger partial charge in [-0.15, -0.1) is 0 Å². The molecule has 10 heteroatoms. The molecule has 4 aromatic rings. The summed E-state index contributed by atoms with van der Waals surface area (Å²) in [5.41, 5.74) is 6.67. The van der Waals surface area contributed by atoms with Crippen LogP contribution in [0.2, 0.25) is 0 Å². The number of carboxylic acids is 1. The largest absolute Gasteiger partial charge is 0.478 e. The molecular weight excluding hydrogens is 586 g/mol. The van der Waals surface area contributed by atoms with Crippen molar-refractivity contribution in [3.8, 4) is 17.4 Å². The first kappa shape index (κ1) is 28.4. The number of nitrogen functional groups attached to an aromatic ring is 1. The number of ether oxygens (including phenoxy) is 2. The van der Waals surface area contributed by atoms with Gasteiger partial charge in [0.1, 0.15) is 17.3 Å². The lowest BCUT2D eigenvalue weighted by Crippen LogP contribution is -2.46. The van der Waals surface area contributed by atoms with E-state index in [1.54, 1.807) is 49.4 Å². The topological polar surface area (TPSA) is 114 Å². The number of carbonyl (C=O) groups is 1. The number of halogens is 1. The molecule has 0 amide bonds. The number of carboxylic acid groups (broad SMARTS) is 1. The molecule has 41 heavy (non-hydrogen) atoms. The van der Waals surface area contributed by atoms with Gasteiger partial charge in [-0.05, 0) is 54.4 Å². The molecule has 0 saturated carbocycles. The summed E-state index contributed by atoms with van der Waals surface area (Å²) in [5.74, 6) is 1.22. The van der Waals surface area contributed by atoms with Gasteiger partial charge in [0.2, 0.25) is 17.4 Å². The second kappa shape index (κ2) is 12.6. The van der Waals surface area contributed by atoms with Crippen molar-refractivity contribution in [2.24, 2.45) is 0 Å². The molecule has 3 aromatic carbocycles. The van der Waals surface area contributed by atoms with E-state index in [1.165, 1.54) is 5.56 Å². The van der Waals surface area contributed by atoms with Crippen LogP contribution < -0.4 is 20.1 Å². The van der Waals surface area contributed by atoms with Crippen molar-refractivity contribution >= 4 is 33.7 Å². The monoisotopic (exact) mass is 617 g/mol. The van der Waals surface area contributed by atoms with Crippen molar-refractivity contribution in [2.45, 2.75) is 25.5 Å². The zero-order valence-electron chi connectivity index (χ0n) is 22.7. The normalized spacial score (nSPS) is 15.2. The summed E-state index contributed by atoms with van der Waals surface area (Å²) in [6.07, 6.45) is 0.176. The number of aliphatic carboxylic acids is 1. The number of hydrogen-bond donors (Lipinski definition) is 2. The molecule has 0 radical (unpaired) electrons. The van der Waals surface area contributed by atoms with E-state index in [-0.39, 0.29) is 12.4 Å². The summed E-state index contributed by atoms with van der Waals surface area (Å²) >= 11 is 3.54. The van der Waals surface area contributed by atoms with Gasteiger partial charge in [-0.25, -0.2) is 4.79 Å². The molecule has 5 rings (SSSR count). The van der Waals surface area contributed by atoms with Gasteiger partial charge >= 0.3 is 5.97 Å². The Kier molecular flexibility index (Phi) is 8.70. The van der Waals surface area contributed by atoms with Crippen molar-refractivity contribution in [2.75, 3.05) is 36.8 Å². The van der Waals surface area contributed by atoms with Gasteiger partial charge in [-0.3, -0.25) is 4.90 Å². The van der Waals surface area contributed by atoms with E-state index in [2.05, 4.69) is 53.9 Å². The lowest BCUT2D eigenvalue weighted by atomic mass is 9.96. The number of nitrogens with two attached hydrogens (primary N) is 1. The maximum absolute atomic E-state index is 12.1. The van der Waals surface area contributed by atoms with E-state index in [0.29, 0.717) is 17.4 Å². The van der Waals surface area contributed by atoms with Gasteiger partial charge in [-0.1, -0.05) is 58.4 Å². The number of para-hydroxylation sites is 1. The maximum Gasteiger partial charge on any atom is 0.348 e. The van der Waals surface area contributed by atoms with E-state index in [0.717, 1.165) is 48.6 Å². The van der Waals surface area contributed by atoms with Crippen LogP contribution in [0.25, 0.3) is 0 Å². The van der Waals surface area contributed by atoms with E-state index in [4.69, 9.17) is 15.2 Å². The zero-order valence-corrected chi connectivity index (χ0v) is 24.3. The molecule has 212 valence electrons. The Hall–Kier alpha value is -4.15. The SMILES string of the molecule is CC(Cc1ccc(Oc2cc(N3CCN(Cc4cccc(Br)c4)CC3)nc(N)n2)cc1)(Oc1ccccc1)C(=O)O. The van der Waals surface area contributed by atoms with Crippen LogP contribution in [-0.2, 0) is 17.8 Å². The Balaban J connectivity index is 1.20. The molecule has 3 N–H and O–H groups in total. The lowest BCUT2D eigenvalue weighted by molar-refractivity contribution is -0.153. The highest BCUT2D eigenvalue weighted by Crippen LogP contribution is 2.28. The minimum atomic E-state index is -1.43. The predicted octanol–water partition coefficient (Wildman–Crippen LogP) is 5.40. The molecular formula is C31H32BrN5O4. The second-order valence-electron chi connectivity index (χ2n) is 10.2. The minimum absolute atomic E-state index is 0.140. The summed E-state index contributed by atoms with van der Waals surface area (Å²) in [6, 6.07) is 26.3. The molecule has 1 saturated heterocycles. The van der Waals surface area contributed by atoms with E-state index in [9.17, 15) is 9.90 Å². The number of hydrogen-bond acceptors (Lipinski definition) is 8. The van der Waals surface area contributed by atoms with Crippen LogP contribution in [0.4, 0.5) is 11.8 Å². The average molecular weight is 619 g/mol. The average Bonchev–Trinajstić information content (AvgIpc) is 2.95. The van der Waals surface area contributed by atoms with Crippen LogP contribution in [0.15, 0.2) is 89.4 Å². The van der Waals surface area contributed by atoms with E-state index >= 15 is 0 Å². The van der Waals surface area contributed by atoms with Gasteiger partial charge in [0.25, 0.3) is 0 Å². The molecule has 0 spiro atoms. The zero-order chi connectivity index (χ0) is 28.8. The molecule has 9 nitrogen and oxygen atoms in total. The third-order valence-corrected chi connectivity index (χ3v) is 7.42. The van der Waals surface area contributed by atoms with Crippen LogP contribution in [0.5, 0.6) is 17.4 Å². The van der Waals surface area contributed by atoms with Crippen LogP contribution in [0.1, 0.15) is 18.1 Å². The molecule has 1 fully saturated rings. The van der Waals surface area contributed by atoms with Gasteiger partial charge in [0, 0.05) is 49.7 Å². The fourth-order valence-corrected chi connectivity index (χ4v) is 5.21. The number of aromatic nitrogens is 2. The summed E-state index contributed by atoms with van der Waals surface area (Å²) in [7, 11) is 0. The van der Waals surface area contributed by atoms with Gasteiger partial charge in [0.05, 0.1) is 0 Å². The second-order valence-corrected chi connectivity index (χ2v) is 11.1. The first-order valence-electron chi connectivity index (χ1n) is 13.4. The molecule has 1 atom stereocenters. The molecule has 1 aromatic heterocycles. The fourth-order valence-electron chi connectivity index (χ4n) is 4.76. The van der Waals surface area contributed by atoms with Gasteiger partial charge < -0.3 is 25.2 Å². The van der Waals surface area contributed by atoms with Crippen LogP contribution >= 0.6 is 15.9 Å². The highest BCUT2D eigenvalue weighted by Gasteiger charge is 2.36. The van der Waals surface area contributed by atoms with E-state index in [1.807, 2.05) is 24.3 Å². The van der Waals surface area contributed by atoms with Crippen LogP contribution in [-0.4, -0.2) is 57.7 Å². The summed E-state index contributed by atoms with van der Waals surface area (Å²) in [4.78, 5) is 25.4. The summed E-state index contributed by atoms with van der Waals surface area (Å²) < 4.78 is 12.9. The molecule has 1 aliphatic heterocycles. The number of rotatable bonds is 10. The third-order valence-electron chi connectivity index (χ3n) is 6.92. The maximum atomic E-state index is 12.1. The summed E-state index contributed by atoms with van der Waals surface area (Å²) in [6.45, 7) is 5.89. The van der Waals surface area contributed by atoms with Crippen molar-refractivity contribution < 1.29 is 19.4 Å². The Morgan fingerprint density at radius 3 is 2.34 bits per heavy atom. The van der Waals surface area contributed by atoms with Crippen molar-refractivity contribution in [1.29, 1.82) is 0 Å². The number of nitrogens with zero attached hydrogens (tertiary/aromatic N) is 4. The molecule has 2 heterocycles. The smallest absolute Gasteiger partial charge is 0.348 e. The van der Waals surface area contributed by atoms with Crippen molar-refractivity contribution in [1.82, 2.24) is 14.9 Å². The standard InChI is InChI=1S/C31H32BrN5O4/c1-31(29(38)39,41-26-8-3-2-4-9-26)20-22-10-12-25(13-11-22)40-28-19-27(34-30(33)35-28)37-16-14-36(15-17-37)21-23-6-5-7-24(32)18-23/h2-13,18-19H,14-17,20-21H2,1H3,(H,38,39)(H2,33,34,35). The Morgan fingerprint density at radius 1 is 0.927 bits per heavy atom. The third kappa shape index (κ3) is 7.53. The van der Waals surface area contributed by atoms with Gasteiger partial charge in [0.15, 0.2) is 0 Å². The Labute approximate surface area is 247 Å². The molecule has 1 aliphatic rings. The highest BCUT2D eigenvalue weighted by molar-refractivity contribution is 9.10. The molecule has 0 bridgehead atoms. The molecule has 1 unspecified atom stereocenters. The number of benzene rings is 3. The predicted molar refractivity (Wildman–Crippen MR) is 161 cm³/mol. The lowest BCUT2D eigenvalue weighted by Gasteiger charge is -2.35. The molecule has 0 aliphatic carbocycles. The fraction of sp³-hybridized carbons (Fsp3) is 0.258. The summed E-state index contributed by atoms with van der Waals surface area (Å²) in [5, 5.41) is 9.87.